The van der Waals surface area contributed by atoms with Gasteiger partial charge in [0.2, 0.25) is 0 Å². The van der Waals surface area contributed by atoms with Gasteiger partial charge in [0.15, 0.2) is 0 Å². The number of pyridine rings is 1. The first kappa shape index (κ1) is 9.92. The van der Waals surface area contributed by atoms with Crippen LogP contribution in [0.4, 0.5) is 0 Å². The lowest BCUT2D eigenvalue weighted by atomic mass is 10.2. The zero-order chi connectivity index (χ0) is 11.7. The van der Waals surface area contributed by atoms with Gasteiger partial charge < -0.3 is 5.73 Å². The molecule has 5 heteroatoms. The van der Waals surface area contributed by atoms with Gasteiger partial charge in [-0.2, -0.15) is 0 Å². The van der Waals surface area contributed by atoms with Crippen molar-refractivity contribution in [3.63, 3.8) is 0 Å². The second-order valence-electron chi connectivity index (χ2n) is 3.69. The van der Waals surface area contributed by atoms with Gasteiger partial charge >= 0.3 is 0 Å². The molecular weight excluding hydrogens is 214 g/mol. The Morgan fingerprint density at radius 3 is 3.00 bits per heavy atom. The zero-order valence-corrected chi connectivity index (χ0v) is 9.11. The number of hydrogen-bond acceptors (Lipinski definition) is 4. The number of hydrogen-bond donors (Lipinski definition) is 1. The molecule has 0 saturated heterocycles. The molecule has 3 aromatic heterocycles. The highest BCUT2D eigenvalue weighted by atomic mass is 15.0. The van der Waals surface area contributed by atoms with E-state index in [2.05, 4.69) is 15.0 Å². The lowest BCUT2D eigenvalue weighted by Crippen LogP contribution is -1.95. The number of imidazole rings is 1. The van der Waals surface area contributed by atoms with Crippen LogP contribution in [0.1, 0.15) is 5.69 Å². The van der Waals surface area contributed by atoms with Crippen molar-refractivity contribution in [2.45, 2.75) is 6.54 Å². The van der Waals surface area contributed by atoms with Crippen LogP contribution in [0.2, 0.25) is 0 Å². The Hall–Kier alpha value is -2.27. The van der Waals surface area contributed by atoms with Crippen LogP contribution in [0, 0.1) is 0 Å². The smallest absolute Gasteiger partial charge is 0.149 e. The quantitative estimate of drug-likeness (QED) is 0.712. The van der Waals surface area contributed by atoms with Crippen LogP contribution in [-0.2, 0) is 6.54 Å². The fourth-order valence-corrected chi connectivity index (χ4v) is 1.77. The van der Waals surface area contributed by atoms with Crippen LogP contribution in [0.5, 0.6) is 0 Å². The Morgan fingerprint density at radius 1 is 1.29 bits per heavy atom. The first-order chi connectivity index (χ1) is 8.38. The topological polar surface area (TPSA) is 69.1 Å². The molecular formula is C12H11N5. The molecule has 0 atom stereocenters. The number of nitrogens with two attached hydrogens (primary N) is 1. The van der Waals surface area contributed by atoms with E-state index in [0.29, 0.717) is 6.54 Å². The highest BCUT2D eigenvalue weighted by Gasteiger charge is 2.08. The van der Waals surface area contributed by atoms with Gasteiger partial charge in [0.05, 0.1) is 17.0 Å². The minimum Gasteiger partial charge on any atom is -0.325 e. The van der Waals surface area contributed by atoms with E-state index in [0.717, 1.165) is 22.6 Å². The third-order valence-electron chi connectivity index (χ3n) is 2.57. The molecule has 0 saturated carbocycles. The van der Waals surface area contributed by atoms with Crippen LogP contribution in [-0.4, -0.2) is 19.4 Å². The van der Waals surface area contributed by atoms with Crippen LogP contribution < -0.4 is 5.73 Å². The Morgan fingerprint density at radius 2 is 2.24 bits per heavy atom. The second kappa shape index (κ2) is 3.95. The van der Waals surface area contributed by atoms with Crippen LogP contribution >= 0.6 is 0 Å². The summed E-state index contributed by atoms with van der Waals surface area (Å²) >= 11 is 0. The molecule has 17 heavy (non-hydrogen) atoms. The van der Waals surface area contributed by atoms with Gasteiger partial charge in [-0.05, 0) is 12.1 Å². The molecule has 2 N–H and O–H groups in total. The Balaban J connectivity index is 2.26. The van der Waals surface area contributed by atoms with E-state index in [1.54, 1.807) is 18.7 Å². The number of fused-ring (bicyclic) bond motifs is 1. The van der Waals surface area contributed by atoms with Crippen molar-refractivity contribution in [3.8, 4) is 11.3 Å². The summed E-state index contributed by atoms with van der Waals surface area (Å²) in [5, 5.41) is 0. The molecule has 3 aromatic rings. The van der Waals surface area contributed by atoms with E-state index >= 15 is 0 Å². The maximum atomic E-state index is 5.59. The summed E-state index contributed by atoms with van der Waals surface area (Å²) in [7, 11) is 0. The minimum atomic E-state index is 0.420. The second-order valence-corrected chi connectivity index (χ2v) is 3.69. The van der Waals surface area contributed by atoms with Crippen molar-refractivity contribution in [2.24, 2.45) is 5.73 Å². The average molecular weight is 225 g/mol. The van der Waals surface area contributed by atoms with Gasteiger partial charge in [-0.15, -0.1) is 0 Å². The molecule has 0 amide bonds. The lowest BCUT2D eigenvalue weighted by Gasteiger charge is -2.01. The Kier molecular flexibility index (Phi) is 2.31. The molecule has 0 aliphatic heterocycles. The maximum absolute atomic E-state index is 5.59. The van der Waals surface area contributed by atoms with E-state index in [9.17, 15) is 0 Å². The van der Waals surface area contributed by atoms with Gasteiger partial charge in [-0.3, -0.25) is 9.38 Å². The monoisotopic (exact) mass is 225 g/mol. The fourth-order valence-electron chi connectivity index (χ4n) is 1.77. The summed E-state index contributed by atoms with van der Waals surface area (Å²) < 4.78 is 1.87. The summed E-state index contributed by atoms with van der Waals surface area (Å²) in [5.41, 5.74) is 9.04. The predicted molar refractivity (Wildman–Crippen MR) is 64.1 cm³/mol. The van der Waals surface area contributed by atoms with Crippen molar-refractivity contribution in [1.29, 1.82) is 0 Å². The highest BCUT2D eigenvalue weighted by molar-refractivity contribution is 5.74. The molecule has 0 aliphatic rings. The molecule has 5 nitrogen and oxygen atoms in total. The van der Waals surface area contributed by atoms with Crippen LogP contribution in [0.3, 0.4) is 0 Å². The van der Waals surface area contributed by atoms with Gasteiger partial charge in [-0.25, -0.2) is 9.97 Å². The summed E-state index contributed by atoms with van der Waals surface area (Å²) in [6, 6.07) is 5.76. The average Bonchev–Trinajstić information content (AvgIpc) is 2.82. The maximum Gasteiger partial charge on any atom is 0.149 e. The standard InChI is InChI=1S/C12H11N5/c13-5-9-7-17-8-14-6-10(12(17)16-9)11-3-1-2-4-15-11/h1-4,6-8H,5,13H2. The van der Waals surface area contributed by atoms with Gasteiger partial charge in [0.1, 0.15) is 12.0 Å². The SMILES string of the molecule is NCc1cn2cncc(-c3ccccn3)c2n1. The largest absolute Gasteiger partial charge is 0.325 e. The van der Waals surface area contributed by atoms with Gasteiger partial charge in [0, 0.05) is 25.1 Å². The third-order valence-corrected chi connectivity index (χ3v) is 2.57. The number of nitrogens with zero attached hydrogens (tertiary/aromatic N) is 4. The van der Waals surface area contributed by atoms with Crippen LogP contribution in [0.25, 0.3) is 16.9 Å². The van der Waals surface area contributed by atoms with Crippen molar-refractivity contribution in [2.75, 3.05) is 0 Å². The van der Waals surface area contributed by atoms with Gasteiger partial charge in [-0.1, -0.05) is 6.07 Å². The third kappa shape index (κ3) is 1.66. The molecule has 0 aliphatic carbocycles. The molecule has 0 unspecified atom stereocenters. The zero-order valence-electron chi connectivity index (χ0n) is 9.11. The molecule has 0 radical (unpaired) electrons. The Labute approximate surface area is 98.0 Å². The van der Waals surface area contributed by atoms with Crippen molar-refractivity contribution < 1.29 is 0 Å². The van der Waals surface area contributed by atoms with Crippen molar-refractivity contribution in [3.05, 3.63) is 48.8 Å². The number of rotatable bonds is 2. The summed E-state index contributed by atoms with van der Waals surface area (Å²) in [4.78, 5) is 13.0. The normalized spacial score (nSPS) is 10.9. The predicted octanol–water partition coefficient (Wildman–Crippen LogP) is 1.25. The van der Waals surface area contributed by atoms with E-state index in [4.69, 9.17) is 5.73 Å². The molecule has 0 bridgehead atoms. The molecule has 3 rings (SSSR count). The summed E-state index contributed by atoms with van der Waals surface area (Å²) in [6.07, 6.45) is 7.12. The van der Waals surface area contributed by atoms with E-state index < -0.39 is 0 Å². The van der Waals surface area contributed by atoms with Gasteiger partial charge in [0.25, 0.3) is 0 Å². The lowest BCUT2D eigenvalue weighted by molar-refractivity contribution is 1.01. The van der Waals surface area contributed by atoms with Crippen LogP contribution in [0.15, 0.2) is 43.1 Å². The summed E-state index contributed by atoms with van der Waals surface area (Å²) in [5.74, 6) is 0. The van der Waals surface area contributed by atoms with Crippen molar-refractivity contribution >= 4 is 5.65 Å². The first-order valence-corrected chi connectivity index (χ1v) is 5.31. The highest BCUT2D eigenvalue weighted by Crippen LogP contribution is 2.20. The molecule has 0 spiro atoms. The molecule has 0 aromatic carbocycles. The number of aromatic nitrogens is 4. The first-order valence-electron chi connectivity index (χ1n) is 5.31. The molecule has 84 valence electrons. The molecule has 3 heterocycles. The van der Waals surface area contributed by atoms with Crippen molar-refractivity contribution in [1.82, 2.24) is 19.4 Å². The van der Waals surface area contributed by atoms with E-state index in [-0.39, 0.29) is 0 Å². The Bertz CT molecular complexity index is 644. The fraction of sp³-hybridized carbons (Fsp3) is 0.0833. The molecule has 0 fully saturated rings. The van der Waals surface area contributed by atoms with E-state index in [1.807, 2.05) is 28.8 Å². The minimum absolute atomic E-state index is 0.420. The summed E-state index contributed by atoms with van der Waals surface area (Å²) in [6.45, 7) is 0.420. The van der Waals surface area contributed by atoms with E-state index in [1.165, 1.54) is 0 Å².